The second kappa shape index (κ2) is 5.52. The minimum absolute atomic E-state index is 0.201. The molecule has 0 saturated heterocycles. The van der Waals surface area contributed by atoms with Crippen LogP contribution in [0, 0.1) is 0 Å². The van der Waals surface area contributed by atoms with E-state index < -0.39 is 5.97 Å². The summed E-state index contributed by atoms with van der Waals surface area (Å²) >= 11 is 3.24. The maximum atomic E-state index is 11.1. The molecule has 0 unspecified atom stereocenters. The fraction of sp³-hybridized carbons (Fsp3) is 0.385. The van der Waals surface area contributed by atoms with E-state index in [1.54, 1.807) is 6.07 Å². The standard InChI is InChI=1S/C13H17BrN2O2/c1-8(14)7-15-11-6-9(12(17)18)5-10(16-11)13(2,3)4/h5-6H,1,7H2,2-4H3,(H,15,16)(H,17,18). The average Bonchev–Trinajstić information content (AvgIpc) is 2.24. The van der Waals surface area contributed by atoms with Gasteiger partial charge in [0.2, 0.25) is 0 Å². The molecule has 1 heterocycles. The van der Waals surface area contributed by atoms with Gasteiger partial charge in [-0.15, -0.1) is 0 Å². The lowest BCUT2D eigenvalue weighted by atomic mass is 9.91. The molecule has 0 atom stereocenters. The van der Waals surface area contributed by atoms with Crippen molar-refractivity contribution in [1.82, 2.24) is 4.98 Å². The molecule has 0 amide bonds. The largest absolute Gasteiger partial charge is 0.478 e. The summed E-state index contributed by atoms with van der Waals surface area (Å²) in [6, 6.07) is 3.13. The van der Waals surface area contributed by atoms with Crippen LogP contribution in [0.1, 0.15) is 36.8 Å². The third-order valence-electron chi connectivity index (χ3n) is 2.30. The maximum Gasteiger partial charge on any atom is 0.335 e. The highest BCUT2D eigenvalue weighted by molar-refractivity contribution is 9.11. The van der Waals surface area contributed by atoms with E-state index in [1.165, 1.54) is 6.07 Å². The van der Waals surface area contributed by atoms with Crippen LogP contribution in [-0.4, -0.2) is 22.6 Å². The van der Waals surface area contributed by atoms with Gasteiger partial charge in [0.15, 0.2) is 0 Å². The van der Waals surface area contributed by atoms with Crippen LogP contribution in [0.25, 0.3) is 0 Å². The minimum Gasteiger partial charge on any atom is -0.478 e. The van der Waals surface area contributed by atoms with E-state index in [1.807, 2.05) is 20.8 Å². The van der Waals surface area contributed by atoms with Crippen molar-refractivity contribution in [2.24, 2.45) is 0 Å². The molecule has 1 aromatic heterocycles. The Balaban J connectivity index is 3.14. The predicted octanol–water partition coefficient (Wildman–Crippen LogP) is 3.40. The number of pyridine rings is 1. The monoisotopic (exact) mass is 312 g/mol. The Kier molecular flexibility index (Phi) is 4.51. The van der Waals surface area contributed by atoms with Crippen molar-refractivity contribution in [2.75, 3.05) is 11.9 Å². The zero-order valence-electron chi connectivity index (χ0n) is 10.7. The molecule has 0 saturated carbocycles. The molecule has 98 valence electrons. The molecule has 5 heteroatoms. The highest BCUT2D eigenvalue weighted by Crippen LogP contribution is 2.23. The van der Waals surface area contributed by atoms with E-state index in [-0.39, 0.29) is 11.0 Å². The van der Waals surface area contributed by atoms with Gasteiger partial charge < -0.3 is 10.4 Å². The number of halogens is 1. The van der Waals surface area contributed by atoms with Crippen LogP contribution in [0.5, 0.6) is 0 Å². The summed E-state index contributed by atoms with van der Waals surface area (Å²) in [5.41, 5.74) is 0.774. The molecule has 1 rings (SSSR count). The van der Waals surface area contributed by atoms with Crippen LogP contribution < -0.4 is 5.32 Å². The third-order valence-corrected chi connectivity index (χ3v) is 2.58. The Morgan fingerprint density at radius 3 is 2.56 bits per heavy atom. The molecule has 4 nitrogen and oxygen atoms in total. The van der Waals surface area contributed by atoms with Crippen molar-refractivity contribution >= 4 is 27.7 Å². The Hall–Kier alpha value is -1.36. The number of nitrogens with zero attached hydrogens (tertiary/aromatic N) is 1. The Morgan fingerprint density at radius 1 is 1.50 bits per heavy atom. The molecule has 0 aliphatic carbocycles. The number of hydrogen-bond acceptors (Lipinski definition) is 3. The molecule has 18 heavy (non-hydrogen) atoms. The summed E-state index contributed by atoms with van der Waals surface area (Å²) < 4.78 is 0.780. The second-order valence-corrected chi connectivity index (χ2v) is 6.17. The van der Waals surface area contributed by atoms with Crippen LogP contribution >= 0.6 is 15.9 Å². The summed E-state index contributed by atoms with van der Waals surface area (Å²) in [6.07, 6.45) is 0. The molecule has 0 aromatic carbocycles. The Morgan fingerprint density at radius 2 is 2.11 bits per heavy atom. The first kappa shape index (κ1) is 14.7. The number of rotatable bonds is 4. The van der Waals surface area contributed by atoms with Gasteiger partial charge in [-0.25, -0.2) is 9.78 Å². The van der Waals surface area contributed by atoms with Crippen molar-refractivity contribution in [1.29, 1.82) is 0 Å². The fourth-order valence-electron chi connectivity index (χ4n) is 1.32. The van der Waals surface area contributed by atoms with E-state index in [9.17, 15) is 4.79 Å². The average molecular weight is 313 g/mol. The summed E-state index contributed by atoms with van der Waals surface area (Å²) in [7, 11) is 0. The lowest BCUT2D eigenvalue weighted by molar-refractivity contribution is 0.0696. The maximum absolute atomic E-state index is 11.1. The van der Waals surface area contributed by atoms with Gasteiger partial charge in [-0.05, 0) is 12.1 Å². The van der Waals surface area contributed by atoms with E-state index in [4.69, 9.17) is 5.11 Å². The highest BCUT2D eigenvalue weighted by Gasteiger charge is 2.19. The Labute approximate surface area is 115 Å². The zero-order valence-corrected chi connectivity index (χ0v) is 12.3. The van der Waals surface area contributed by atoms with Gasteiger partial charge in [-0.3, -0.25) is 0 Å². The number of hydrogen-bond donors (Lipinski definition) is 2. The molecule has 1 aromatic rings. The first-order valence-corrected chi connectivity index (χ1v) is 6.32. The smallest absolute Gasteiger partial charge is 0.335 e. The van der Waals surface area contributed by atoms with Crippen LogP contribution in [-0.2, 0) is 5.41 Å². The molecule has 2 N–H and O–H groups in total. The first-order valence-electron chi connectivity index (χ1n) is 5.53. The zero-order chi connectivity index (χ0) is 13.9. The summed E-state index contributed by atoms with van der Waals surface area (Å²) in [6.45, 7) is 10.2. The van der Waals surface area contributed by atoms with Crippen LogP contribution in [0.3, 0.4) is 0 Å². The molecule has 0 spiro atoms. The first-order chi connectivity index (χ1) is 8.20. The summed E-state index contributed by atoms with van der Waals surface area (Å²) in [4.78, 5) is 15.5. The number of carboxylic acid groups (broad SMARTS) is 1. The van der Waals surface area contributed by atoms with Gasteiger partial charge in [0.25, 0.3) is 0 Å². The number of carboxylic acids is 1. The number of aromatic carboxylic acids is 1. The summed E-state index contributed by atoms with van der Waals surface area (Å²) in [5, 5.41) is 12.1. The summed E-state index contributed by atoms with van der Waals surface area (Å²) in [5.74, 6) is -0.413. The lowest BCUT2D eigenvalue weighted by Gasteiger charge is -2.19. The number of carbonyl (C=O) groups is 1. The van der Waals surface area contributed by atoms with Crippen LogP contribution in [0.15, 0.2) is 23.2 Å². The van der Waals surface area contributed by atoms with Gasteiger partial charge in [0, 0.05) is 22.1 Å². The van der Waals surface area contributed by atoms with Gasteiger partial charge in [-0.2, -0.15) is 0 Å². The quantitative estimate of drug-likeness (QED) is 0.894. The molecular formula is C13H17BrN2O2. The Bertz CT molecular complexity index is 478. The van der Waals surface area contributed by atoms with E-state index in [2.05, 4.69) is 32.8 Å². The van der Waals surface area contributed by atoms with Gasteiger partial charge in [-0.1, -0.05) is 43.3 Å². The number of aromatic nitrogens is 1. The van der Waals surface area contributed by atoms with Gasteiger partial charge >= 0.3 is 5.97 Å². The van der Waals surface area contributed by atoms with E-state index in [0.717, 1.165) is 10.2 Å². The van der Waals surface area contributed by atoms with Crippen molar-refractivity contribution in [3.63, 3.8) is 0 Å². The predicted molar refractivity (Wildman–Crippen MR) is 76.5 cm³/mol. The third kappa shape index (κ3) is 4.14. The van der Waals surface area contributed by atoms with Crippen LogP contribution in [0.2, 0.25) is 0 Å². The molecule has 0 aliphatic rings. The topological polar surface area (TPSA) is 62.2 Å². The van der Waals surface area contributed by atoms with Crippen LogP contribution in [0.4, 0.5) is 5.82 Å². The molecule has 0 aliphatic heterocycles. The molecule has 0 bridgehead atoms. The van der Waals surface area contributed by atoms with E-state index >= 15 is 0 Å². The van der Waals surface area contributed by atoms with E-state index in [0.29, 0.717) is 12.4 Å². The van der Waals surface area contributed by atoms with Crippen molar-refractivity contribution < 1.29 is 9.90 Å². The van der Waals surface area contributed by atoms with Crippen molar-refractivity contribution in [2.45, 2.75) is 26.2 Å². The molecule has 0 fully saturated rings. The molecule has 0 radical (unpaired) electrons. The van der Waals surface area contributed by atoms with Crippen molar-refractivity contribution in [3.8, 4) is 0 Å². The lowest BCUT2D eigenvalue weighted by Crippen LogP contribution is -2.16. The molecular weight excluding hydrogens is 296 g/mol. The highest BCUT2D eigenvalue weighted by atomic mass is 79.9. The normalized spacial score (nSPS) is 11.1. The van der Waals surface area contributed by atoms with Gasteiger partial charge in [0.1, 0.15) is 5.82 Å². The number of nitrogens with one attached hydrogen (secondary N) is 1. The SMILES string of the molecule is C=C(Br)CNc1cc(C(=O)O)cc(C(C)(C)C)n1. The second-order valence-electron chi connectivity index (χ2n) is 5.05. The van der Waals surface area contributed by atoms with Crippen molar-refractivity contribution in [3.05, 3.63) is 34.5 Å². The minimum atomic E-state index is -0.955. The van der Waals surface area contributed by atoms with Gasteiger partial charge in [0.05, 0.1) is 5.56 Å². The number of anilines is 1. The fourth-order valence-corrected chi connectivity index (χ4v) is 1.46.